The Balaban J connectivity index is 1.72. The van der Waals surface area contributed by atoms with E-state index in [1.807, 2.05) is 30.3 Å². The van der Waals surface area contributed by atoms with Crippen LogP contribution in [0, 0.1) is 11.6 Å². The lowest BCUT2D eigenvalue weighted by Crippen LogP contribution is -2.46. The molecule has 1 aliphatic heterocycles. The van der Waals surface area contributed by atoms with Crippen molar-refractivity contribution in [1.82, 2.24) is 9.88 Å². The molecular weight excluding hydrogens is 400 g/mol. The molecule has 0 unspecified atom stereocenters. The number of fused-ring (bicyclic) bond motifs is 1. The molecule has 164 valence electrons. The Kier molecular flexibility index (Phi) is 6.63. The zero-order chi connectivity index (χ0) is 21.8. The number of benzene rings is 2. The maximum absolute atomic E-state index is 14.6. The summed E-state index contributed by atoms with van der Waals surface area (Å²) < 4.78 is 39.3. The Labute approximate surface area is 181 Å². The number of hydrogen-bond acceptors (Lipinski definition) is 5. The molecule has 2 aromatic carbocycles. The van der Waals surface area contributed by atoms with E-state index in [2.05, 4.69) is 16.7 Å². The van der Waals surface area contributed by atoms with E-state index in [4.69, 9.17) is 14.5 Å². The van der Waals surface area contributed by atoms with Gasteiger partial charge in [-0.2, -0.15) is 0 Å². The average Bonchev–Trinajstić information content (AvgIpc) is 2.80. The molecule has 5 nitrogen and oxygen atoms in total. The van der Waals surface area contributed by atoms with Crippen molar-refractivity contribution in [1.29, 1.82) is 0 Å². The van der Waals surface area contributed by atoms with Crippen molar-refractivity contribution in [3.8, 4) is 17.0 Å². The van der Waals surface area contributed by atoms with Crippen LogP contribution in [0.25, 0.3) is 22.0 Å². The maximum Gasteiger partial charge on any atom is 0.190 e. The van der Waals surface area contributed by atoms with Crippen molar-refractivity contribution >= 4 is 16.6 Å². The molecule has 0 radical (unpaired) electrons. The molecule has 0 aliphatic carbocycles. The van der Waals surface area contributed by atoms with E-state index in [9.17, 15) is 8.78 Å². The van der Waals surface area contributed by atoms with Crippen LogP contribution in [0.3, 0.4) is 0 Å². The Hall–Kier alpha value is -2.77. The summed E-state index contributed by atoms with van der Waals surface area (Å²) in [6.07, 6.45) is 0. The summed E-state index contributed by atoms with van der Waals surface area (Å²) in [7, 11) is 1.50. The molecule has 1 aromatic heterocycles. The molecule has 31 heavy (non-hydrogen) atoms. The van der Waals surface area contributed by atoms with Crippen molar-refractivity contribution in [3.05, 3.63) is 54.1 Å². The third-order valence-corrected chi connectivity index (χ3v) is 5.67. The first-order valence-electron chi connectivity index (χ1n) is 10.6. The second kappa shape index (κ2) is 9.58. The van der Waals surface area contributed by atoms with Gasteiger partial charge in [-0.05, 0) is 30.1 Å². The number of piperazine rings is 1. The van der Waals surface area contributed by atoms with Crippen molar-refractivity contribution in [2.45, 2.75) is 6.92 Å². The molecule has 2 heterocycles. The second-order valence-electron chi connectivity index (χ2n) is 7.58. The van der Waals surface area contributed by atoms with E-state index < -0.39 is 17.4 Å². The third-order valence-electron chi connectivity index (χ3n) is 5.67. The summed E-state index contributed by atoms with van der Waals surface area (Å²) in [5.74, 6) is -1.04. The molecule has 4 rings (SSSR count). The maximum atomic E-state index is 14.6. The van der Waals surface area contributed by atoms with Crippen LogP contribution in [0.1, 0.15) is 6.92 Å². The molecule has 0 amide bonds. The Morgan fingerprint density at radius 2 is 1.68 bits per heavy atom. The van der Waals surface area contributed by atoms with E-state index in [0.29, 0.717) is 11.3 Å². The first-order chi connectivity index (χ1) is 15.1. The number of nitrogens with zero attached hydrogens (tertiary/aromatic N) is 3. The standard InChI is InChI=1S/C24H27F2N3O2/c1-3-28-8-10-29(11-9-28)24-19-7-5-4-6-17(19)16-22(27-24)18-14-20(25)23(21(26)15-18)31-13-12-30-2/h4-7,14-16H,3,8-13H2,1-2H3. The molecule has 0 atom stereocenters. The van der Waals surface area contributed by atoms with Crippen LogP contribution in [0.5, 0.6) is 5.75 Å². The van der Waals surface area contributed by atoms with Gasteiger partial charge in [0.15, 0.2) is 17.4 Å². The van der Waals surface area contributed by atoms with Crippen molar-refractivity contribution < 1.29 is 18.3 Å². The van der Waals surface area contributed by atoms with Crippen LogP contribution in [-0.4, -0.2) is 62.9 Å². The zero-order valence-corrected chi connectivity index (χ0v) is 17.9. The van der Waals surface area contributed by atoms with Crippen LogP contribution in [0.15, 0.2) is 42.5 Å². The molecule has 7 heteroatoms. The Bertz CT molecular complexity index is 1030. The summed E-state index contributed by atoms with van der Waals surface area (Å²) in [5.41, 5.74) is 0.918. The normalized spacial score (nSPS) is 14.9. The summed E-state index contributed by atoms with van der Waals surface area (Å²) in [6, 6.07) is 12.4. The number of anilines is 1. The fraction of sp³-hybridized carbons (Fsp3) is 0.375. The monoisotopic (exact) mass is 427 g/mol. The quantitative estimate of drug-likeness (QED) is 0.524. The van der Waals surface area contributed by atoms with Crippen LogP contribution in [0.4, 0.5) is 14.6 Å². The van der Waals surface area contributed by atoms with Gasteiger partial charge >= 0.3 is 0 Å². The smallest absolute Gasteiger partial charge is 0.190 e. The Morgan fingerprint density at radius 1 is 0.968 bits per heavy atom. The van der Waals surface area contributed by atoms with Crippen molar-refractivity contribution in [2.24, 2.45) is 0 Å². The highest BCUT2D eigenvalue weighted by molar-refractivity contribution is 5.95. The van der Waals surface area contributed by atoms with Crippen LogP contribution < -0.4 is 9.64 Å². The van der Waals surface area contributed by atoms with Gasteiger partial charge in [0.25, 0.3) is 0 Å². The minimum atomic E-state index is -0.751. The van der Waals surface area contributed by atoms with Gasteiger partial charge in [0, 0.05) is 44.2 Å². The molecule has 3 aromatic rings. The molecule has 1 aliphatic rings. The zero-order valence-electron chi connectivity index (χ0n) is 17.9. The largest absolute Gasteiger partial charge is 0.485 e. The Morgan fingerprint density at radius 3 is 2.35 bits per heavy atom. The first kappa shape index (κ1) is 21.5. The van der Waals surface area contributed by atoms with Crippen LogP contribution >= 0.6 is 0 Å². The number of ether oxygens (including phenoxy) is 2. The van der Waals surface area contributed by atoms with Crippen molar-refractivity contribution in [2.75, 3.05) is 57.9 Å². The second-order valence-corrected chi connectivity index (χ2v) is 7.58. The van der Waals surface area contributed by atoms with Gasteiger partial charge in [-0.1, -0.05) is 31.2 Å². The number of pyridine rings is 1. The first-order valence-corrected chi connectivity index (χ1v) is 10.6. The number of halogens is 2. The lowest BCUT2D eigenvalue weighted by atomic mass is 10.1. The van der Waals surface area contributed by atoms with E-state index in [1.165, 1.54) is 19.2 Å². The summed E-state index contributed by atoms with van der Waals surface area (Å²) in [4.78, 5) is 9.50. The van der Waals surface area contributed by atoms with E-state index >= 15 is 0 Å². The van der Waals surface area contributed by atoms with E-state index in [0.717, 1.165) is 49.3 Å². The highest BCUT2D eigenvalue weighted by Gasteiger charge is 2.21. The van der Waals surface area contributed by atoms with E-state index in [-0.39, 0.29) is 13.2 Å². The highest BCUT2D eigenvalue weighted by Crippen LogP contribution is 2.33. The van der Waals surface area contributed by atoms with Gasteiger partial charge in [-0.15, -0.1) is 0 Å². The SMILES string of the molecule is CCN1CCN(c2nc(-c3cc(F)c(OCCOC)c(F)c3)cc3ccccc23)CC1. The van der Waals surface area contributed by atoms with Crippen LogP contribution in [-0.2, 0) is 4.74 Å². The van der Waals surface area contributed by atoms with E-state index in [1.54, 1.807) is 0 Å². The molecular formula is C24H27F2N3O2. The number of aromatic nitrogens is 1. The minimum absolute atomic E-state index is 0.0752. The highest BCUT2D eigenvalue weighted by atomic mass is 19.1. The van der Waals surface area contributed by atoms with Gasteiger partial charge in [0.2, 0.25) is 0 Å². The molecule has 0 bridgehead atoms. The average molecular weight is 427 g/mol. The molecule has 1 fully saturated rings. The molecule has 0 spiro atoms. The topological polar surface area (TPSA) is 37.8 Å². The summed E-state index contributed by atoms with van der Waals surface area (Å²) >= 11 is 0. The summed E-state index contributed by atoms with van der Waals surface area (Å²) in [5, 5.41) is 2.03. The molecule has 0 N–H and O–H groups in total. The number of likely N-dealkylation sites (N-methyl/N-ethyl adjacent to an activating group) is 1. The molecule has 1 saturated heterocycles. The number of rotatable bonds is 7. The van der Waals surface area contributed by atoms with Crippen LogP contribution in [0.2, 0.25) is 0 Å². The third kappa shape index (κ3) is 4.62. The van der Waals surface area contributed by atoms with Crippen molar-refractivity contribution in [3.63, 3.8) is 0 Å². The fourth-order valence-corrected chi connectivity index (χ4v) is 3.92. The predicted octanol–water partition coefficient (Wildman–Crippen LogP) is 4.35. The van der Waals surface area contributed by atoms with Gasteiger partial charge in [-0.25, -0.2) is 13.8 Å². The lowest BCUT2D eigenvalue weighted by Gasteiger charge is -2.35. The number of hydrogen-bond donors (Lipinski definition) is 0. The lowest BCUT2D eigenvalue weighted by molar-refractivity contribution is 0.141. The van der Waals surface area contributed by atoms with Gasteiger partial charge < -0.3 is 19.3 Å². The fourth-order valence-electron chi connectivity index (χ4n) is 3.92. The predicted molar refractivity (Wildman–Crippen MR) is 119 cm³/mol. The minimum Gasteiger partial charge on any atom is -0.485 e. The summed E-state index contributed by atoms with van der Waals surface area (Å²) in [6.45, 7) is 7.18. The molecule has 0 saturated carbocycles. The van der Waals surface area contributed by atoms with Gasteiger partial charge in [-0.3, -0.25) is 0 Å². The number of methoxy groups -OCH3 is 1. The van der Waals surface area contributed by atoms with Gasteiger partial charge in [0.05, 0.1) is 12.3 Å². The van der Waals surface area contributed by atoms with Gasteiger partial charge in [0.1, 0.15) is 12.4 Å².